The summed E-state index contributed by atoms with van der Waals surface area (Å²) in [6, 6.07) is 13.6. The van der Waals surface area contributed by atoms with Gasteiger partial charge >= 0.3 is 0 Å². The minimum Gasteiger partial charge on any atom is -0.506 e. The van der Waals surface area contributed by atoms with E-state index in [-0.39, 0.29) is 23.2 Å². The van der Waals surface area contributed by atoms with Gasteiger partial charge in [-0.3, -0.25) is 9.97 Å². The van der Waals surface area contributed by atoms with Gasteiger partial charge in [0.25, 0.3) is 0 Å². The molecule has 32 heavy (non-hydrogen) atoms. The number of halogens is 2. The number of ether oxygens (including phenoxy) is 2. The summed E-state index contributed by atoms with van der Waals surface area (Å²) >= 11 is 5.69. The molecule has 0 amide bonds. The van der Waals surface area contributed by atoms with E-state index in [1.165, 1.54) is 11.6 Å². The van der Waals surface area contributed by atoms with Crippen LogP contribution >= 0.6 is 11.6 Å². The van der Waals surface area contributed by atoms with E-state index in [1.54, 1.807) is 18.5 Å². The Labute approximate surface area is 189 Å². The largest absolute Gasteiger partial charge is 0.506 e. The maximum Gasteiger partial charge on any atom is 0.159 e. The summed E-state index contributed by atoms with van der Waals surface area (Å²) in [5.41, 5.74) is 2.00. The van der Waals surface area contributed by atoms with Gasteiger partial charge in [0.05, 0.1) is 22.8 Å². The van der Waals surface area contributed by atoms with E-state index in [1.807, 2.05) is 36.5 Å². The molecule has 0 bridgehead atoms. The van der Waals surface area contributed by atoms with Gasteiger partial charge in [0.2, 0.25) is 0 Å². The van der Waals surface area contributed by atoms with Crippen LogP contribution in [0.15, 0.2) is 67.1 Å². The fourth-order valence-electron chi connectivity index (χ4n) is 3.19. The van der Waals surface area contributed by atoms with Crippen molar-refractivity contribution >= 4 is 28.2 Å². The zero-order chi connectivity index (χ0) is 22.3. The second-order valence-electron chi connectivity index (χ2n) is 7.05. The molecule has 0 saturated carbocycles. The molecule has 2 aromatic carbocycles. The Hall–Kier alpha value is -3.58. The normalized spacial score (nSPS) is 10.8. The number of phenols is 1. The van der Waals surface area contributed by atoms with Crippen molar-refractivity contribution in [3.8, 4) is 17.2 Å². The molecular formula is C24H21ClFN3O3. The Morgan fingerprint density at radius 2 is 1.97 bits per heavy atom. The smallest absolute Gasteiger partial charge is 0.159 e. The first kappa shape index (κ1) is 21.6. The maximum atomic E-state index is 13.9. The summed E-state index contributed by atoms with van der Waals surface area (Å²) in [5, 5.41) is 13.2. The second kappa shape index (κ2) is 10.2. The molecule has 4 rings (SSSR count). The monoisotopic (exact) mass is 453 g/mol. The predicted molar refractivity (Wildman–Crippen MR) is 122 cm³/mol. The Morgan fingerprint density at radius 1 is 1.06 bits per heavy atom. The molecule has 6 nitrogen and oxygen atoms in total. The molecule has 0 unspecified atom stereocenters. The molecule has 0 aliphatic heterocycles. The number of hydrogen-bond acceptors (Lipinski definition) is 6. The first-order valence-corrected chi connectivity index (χ1v) is 10.4. The van der Waals surface area contributed by atoms with E-state index in [0.717, 1.165) is 35.6 Å². The van der Waals surface area contributed by atoms with Crippen LogP contribution in [-0.2, 0) is 6.42 Å². The van der Waals surface area contributed by atoms with Crippen molar-refractivity contribution in [1.29, 1.82) is 0 Å². The summed E-state index contributed by atoms with van der Waals surface area (Å²) < 4.78 is 25.6. The number of aryl methyl sites for hydroxylation is 1. The van der Waals surface area contributed by atoms with Gasteiger partial charge in [0.1, 0.15) is 23.1 Å². The number of anilines is 1. The summed E-state index contributed by atoms with van der Waals surface area (Å²) in [6.07, 6.45) is 7.04. The third-order valence-corrected chi connectivity index (χ3v) is 5.11. The van der Waals surface area contributed by atoms with Gasteiger partial charge in [-0.15, -0.1) is 0 Å². The summed E-state index contributed by atoms with van der Waals surface area (Å²) in [5.74, 6) is 0.522. The number of phenolic OH excluding ortho intramolecular Hbond substituents is 1. The highest BCUT2D eigenvalue weighted by molar-refractivity contribution is 6.32. The van der Waals surface area contributed by atoms with Crippen molar-refractivity contribution in [2.75, 3.05) is 18.7 Å². The average molecular weight is 454 g/mol. The molecule has 0 radical (unpaired) electrons. The van der Waals surface area contributed by atoms with E-state index in [0.29, 0.717) is 12.4 Å². The first-order valence-electron chi connectivity index (χ1n) is 10.1. The fraction of sp³-hybridized carbons (Fsp3) is 0.167. The third kappa shape index (κ3) is 5.36. The lowest BCUT2D eigenvalue weighted by atomic mass is 10.2. The Balaban J connectivity index is 1.35. The number of aromatic nitrogens is 2. The quantitative estimate of drug-likeness (QED) is 0.254. The van der Waals surface area contributed by atoms with E-state index in [4.69, 9.17) is 21.1 Å². The van der Waals surface area contributed by atoms with Crippen molar-refractivity contribution in [2.45, 2.75) is 12.8 Å². The Bertz CT molecular complexity index is 1210. The van der Waals surface area contributed by atoms with Crippen molar-refractivity contribution in [2.24, 2.45) is 0 Å². The average Bonchev–Trinajstić information content (AvgIpc) is 2.81. The minimum atomic E-state index is -0.582. The van der Waals surface area contributed by atoms with Crippen molar-refractivity contribution < 1.29 is 19.0 Å². The van der Waals surface area contributed by atoms with Crippen LogP contribution in [0.2, 0.25) is 5.02 Å². The van der Waals surface area contributed by atoms with Crippen molar-refractivity contribution in [3.05, 3.63) is 83.5 Å². The standard InChI is InChI=1S/C24H21ClFN3O3/c25-19-12-20(26)22(13-23(19)30)29-15-32-24-7-9-28-21-11-17(5-6-18(21)24)31-10-2-4-16-3-1-8-27-14-16/h1,3,5-9,11-14,29-30H,2,4,10,15H2. The molecule has 2 heterocycles. The van der Waals surface area contributed by atoms with Gasteiger partial charge in [0, 0.05) is 36.1 Å². The lowest BCUT2D eigenvalue weighted by molar-refractivity contribution is 0.311. The third-order valence-electron chi connectivity index (χ3n) is 4.80. The summed E-state index contributed by atoms with van der Waals surface area (Å²) in [4.78, 5) is 8.50. The number of pyridine rings is 2. The Morgan fingerprint density at radius 3 is 2.81 bits per heavy atom. The van der Waals surface area contributed by atoms with Crippen LogP contribution in [0.4, 0.5) is 10.1 Å². The molecule has 0 fully saturated rings. The lowest BCUT2D eigenvalue weighted by Crippen LogP contribution is -2.10. The number of hydrogen-bond donors (Lipinski definition) is 2. The number of benzene rings is 2. The molecule has 2 N–H and O–H groups in total. The van der Waals surface area contributed by atoms with E-state index >= 15 is 0 Å². The molecule has 4 aromatic rings. The molecular weight excluding hydrogens is 433 g/mol. The van der Waals surface area contributed by atoms with Gasteiger partial charge < -0.3 is 19.9 Å². The predicted octanol–water partition coefficient (Wildman–Crippen LogP) is 5.59. The van der Waals surface area contributed by atoms with Crippen LogP contribution in [-0.4, -0.2) is 28.4 Å². The van der Waals surface area contributed by atoms with Crippen LogP contribution in [0.3, 0.4) is 0 Å². The fourth-order valence-corrected chi connectivity index (χ4v) is 3.34. The molecule has 2 aromatic heterocycles. The highest BCUT2D eigenvalue weighted by Gasteiger charge is 2.09. The van der Waals surface area contributed by atoms with Gasteiger partial charge in [0.15, 0.2) is 6.73 Å². The van der Waals surface area contributed by atoms with Crippen LogP contribution in [0, 0.1) is 5.82 Å². The Kier molecular flexibility index (Phi) is 6.87. The number of fused-ring (bicyclic) bond motifs is 1. The zero-order valence-corrected chi connectivity index (χ0v) is 17.8. The minimum absolute atomic E-state index is 0.0102. The molecule has 164 valence electrons. The van der Waals surface area contributed by atoms with Crippen LogP contribution in [0.1, 0.15) is 12.0 Å². The molecule has 0 spiro atoms. The molecule has 0 saturated heterocycles. The summed E-state index contributed by atoms with van der Waals surface area (Å²) in [7, 11) is 0. The first-order chi connectivity index (χ1) is 15.6. The SMILES string of the molecule is Oc1cc(NCOc2ccnc3cc(OCCCc4cccnc4)ccc23)c(F)cc1Cl. The number of nitrogens with one attached hydrogen (secondary N) is 1. The molecule has 0 atom stereocenters. The zero-order valence-electron chi connectivity index (χ0n) is 17.1. The van der Waals surface area contributed by atoms with Crippen molar-refractivity contribution in [1.82, 2.24) is 9.97 Å². The maximum absolute atomic E-state index is 13.9. The molecule has 0 aliphatic rings. The number of aromatic hydroxyl groups is 1. The van der Waals surface area contributed by atoms with Crippen molar-refractivity contribution in [3.63, 3.8) is 0 Å². The molecule has 0 aliphatic carbocycles. The summed E-state index contributed by atoms with van der Waals surface area (Å²) in [6.45, 7) is 0.573. The highest BCUT2D eigenvalue weighted by Crippen LogP contribution is 2.30. The van der Waals surface area contributed by atoms with E-state index in [9.17, 15) is 9.50 Å². The van der Waals surface area contributed by atoms with Crippen LogP contribution < -0.4 is 14.8 Å². The van der Waals surface area contributed by atoms with Gasteiger partial charge in [-0.25, -0.2) is 4.39 Å². The van der Waals surface area contributed by atoms with Crippen LogP contribution in [0.25, 0.3) is 10.9 Å². The van der Waals surface area contributed by atoms with Crippen LogP contribution in [0.5, 0.6) is 17.2 Å². The highest BCUT2D eigenvalue weighted by atomic mass is 35.5. The van der Waals surface area contributed by atoms with Gasteiger partial charge in [-0.2, -0.15) is 0 Å². The van der Waals surface area contributed by atoms with Gasteiger partial charge in [-0.1, -0.05) is 17.7 Å². The lowest BCUT2D eigenvalue weighted by Gasteiger charge is -2.13. The van der Waals surface area contributed by atoms with Gasteiger partial charge in [-0.05, 0) is 48.7 Å². The second-order valence-corrected chi connectivity index (χ2v) is 7.46. The number of rotatable bonds is 9. The van der Waals surface area contributed by atoms with E-state index in [2.05, 4.69) is 15.3 Å². The number of nitrogens with zero attached hydrogens (tertiary/aromatic N) is 2. The topological polar surface area (TPSA) is 76.5 Å². The molecule has 8 heteroatoms. The van der Waals surface area contributed by atoms with E-state index < -0.39 is 5.82 Å².